The van der Waals surface area contributed by atoms with Gasteiger partial charge in [-0.2, -0.15) is 5.48 Å². The minimum Gasteiger partial charge on any atom is -0.444 e. The Bertz CT molecular complexity index is 276. The van der Waals surface area contributed by atoms with Crippen molar-refractivity contribution in [2.75, 3.05) is 13.2 Å². The van der Waals surface area contributed by atoms with Crippen molar-refractivity contribution in [1.29, 1.82) is 0 Å². The summed E-state index contributed by atoms with van der Waals surface area (Å²) in [5, 5.41) is 0. The van der Waals surface area contributed by atoms with Crippen molar-refractivity contribution in [2.24, 2.45) is 0 Å². The second kappa shape index (κ2) is 6.38. The summed E-state index contributed by atoms with van der Waals surface area (Å²) in [4.78, 5) is 19.1. The molecule has 2 atom stereocenters. The Hall–Kier alpha value is -0.810. The molecule has 0 radical (unpaired) electrons. The molecule has 0 aromatic heterocycles. The number of nitrogens with one attached hydrogen (secondary N) is 1. The van der Waals surface area contributed by atoms with Crippen LogP contribution in [0.1, 0.15) is 47.5 Å². The van der Waals surface area contributed by atoms with Gasteiger partial charge in [-0.05, 0) is 47.5 Å². The van der Waals surface area contributed by atoms with Gasteiger partial charge in [0.05, 0.1) is 12.6 Å². The first-order chi connectivity index (χ1) is 8.35. The van der Waals surface area contributed by atoms with Crippen LogP contribution in [-0.2, 0) is 9.57 Å². The lowest BCUT2D eigenvalue weighted by Gasteiger charge is -2.31. The maximum Gasteiger partial charge on any atom is 0.410 e. The summed E-state index contributed by atoms with van der Waals surface area (Å²) in [5.74, 6) is 0. The molecule has 5 heteroatoms. The average molecular weight is 258 g/mol. The van der Waals surface area contributed by atoms with Crippen LogP contribution in [0.4, 0.5) is 4.79 Å². The summed E-state index contributed by atoms with van der Waals surface area (Å²) >= 11 is 0. The van der Waals surface area contributed by atoms with E-state index in [4.69, 9.17) is 9.57 Å². The van der Waals surface area contributed by atoms with Crippen LogP contribution in [0.2, 0.25) is 0 Å². The van der Waals surface area contributed by atoms with Gasteiger partial charge in [-0.15, -0.1) is 0 Å². The molecule has 1 aliphatic rings. The van der Waals surface area contributed by atoms with E-state index < -0.39 is 5.60 Å². The summed E-state index contributed by atoms with van der Waals surface area (Å²) in [6.07, 6.45) is 1.78. The number of rotatable bonds is 4. The molecule has 1 amide bonds. The summed E-state index contributed by atoms with van der Waals surface area (Å²) < 4.78 is 5.42. The third-order valence-corrected chi connectivity index (χ3v) is 2.92. The zero-order chi connectivity index (χ0) is 13.8. The first kappa shape index (κ1) is 15.2. The Morgan fingerprint density at radius 2 is 2.17 bits per heavy atom. The van der Waals surface area contributed by atoms with Crippen LogP contribution in [0.25, 0.3) is 0 Å². The fourth-order valence-electron chi connectivity index (χ4n) is 2.15. The van der Waals surface area contributed by atoms with Crippen LogP contribution < -0.4 is 5.48 Å². The zero-order valence-electron chi connectivity index (χ0n) is 12.2. The second-order valence-corrected chi connectivity index (χ2v) is 5.72. The highest BCUT2D eigenvalue weighted by Gasteiger charge is 2.35. The molecule has 1 N–H and O–H groups in total. The maximum atomic E-state index is 12.1. The maximum absolute atomic E-state index is 12.1. The van der Waals surface area contributed by atoms with Gasteiger partial charge in [0.15, 0.2) is 0 Å². The van der Waals surface area contributed by atoms with Crippen molar-refractivity contribution in [2.45, 2.75) is 65.1 Å². The fraction of sp³-hybridized carbons (Fsp3) is 0.923. The Kier molecular flexibility index (Phi) is 5.41. The van der Waals surface area contributed by atoms with Gasteiger partial charge in [0.1, 0.15) is 5.60 Å². The van der Waals surface area contributed by atoms with E-state index >= 15 is 0 Å². The van der Waals surface area contributed by atoms with Gasteiger partial charge in [-0.25, -0.2) is 4.79 Å². The molecule has 18 heavy (non-hydrogen) atoms. The molecule has 0 spiro atoms. The second-order valence-electron chi connectivity index (χ2n) is 5.72. The molecule has 1 heterocycles. The van der Waals surface area contributed by atoms with Gasteiger partial charge in [0.25, 0.3) is 0 Å². The molecule has 0 aliphatic carbocycles. The summed E-state index contributed by atoms with van der Waals surface area (Å²) in [5.41, 5.74) is 2.53. The molecule has 0 saturated carbocycles. The molecular weight excluding hydrogens is 232 g/mol. The predicted octanol–water partition coefficient (Wildman–Crippen LogP) is 2.32. The fourth-order valence-corrected chi connectivity index (χ4v) is 2.15. The lowest BCUT2D eigenvalue weighted by molar-refractivity contribution is -0.00672. The number of nitrogens with zero attached hydrogens (tertiary/aromatic N) is 1. The number of carbonyl (C=O) groups is 1. The quantitative estimate of drug-likeness (QED) is 0.786. The Balaban J connectivity index is 2.56. The van der Waals surface area contributed by atoms with Crippen LogP contribution in [0.15, 0.2) is 0 Å². The van der Waals surface area contributed by atoms with E-state index in [1.807, 2.05) is 39.5 Å². The van der Waals surface area contributed by atoms with E-state index in [-0.39, 0.29) is 18.2 Å². The monoisotopic (exact) mass is 258 g/mol. The number of amides is 1. The third kappa shape index (κ3) is 4.46. The smallest absolute Gasteiger partial charge is 0.410 e. The normalized spacial score (nSPS) is 22.1. The number of hydrogen-bond acceptors (Lipinski definition) is 4. The van der Waals surface area contributed by atoms with E-state index in [9.17, 15) is 4.79 Å². The summed E-state index contributed by atoms with van der Waals surface area (Å²) in [6.45, 7) is 11.0. The molecule has 1 fully saturated rings. The van der Waals surface area contributed by atoms with Crippen molar-refractivity contribution < 1.29 is 14.4 Å². The van der Waals surface area contributed by atoms with Crippen molar-refractivity contribution in [3.63, 3.8) is 0 Å². The molecule has 106 valence electrons. The van der Waals surface area contributed by atoms with Crippen LogP contribution in [0.3, 0.4) is 0 Å². The van der Waals surface area contributed by atoms with Gasteiger partial charge in [0.2, 0.25) is 0 Å². The molecule has 5 nitrogen and oxygen atoms in total. The van der Waals surface area contributed by atoms with Crippen molar-refractivity contribution in [3.05, 3.63) is 0 Å². The third-order valence-electron chi connectivity index (χ3n) is 2.92. The SMILES string of the molecule is CCONC(C)C1CCCN1C(=O)OC(C)(C)C. The Morgan fingerprint density at radius 1 is 1.50 bits per heavy atom. The van der Waals surface area contributed by atoms with E-state index in [0.29, 0.717) is 6.61 Å². The highest BCUT2D eigenvalue weighted by molar-refractivity contribution is 5.69. The number of ether oxygens (including phenoxy) is 1. The first-order valence-corrected chi connectivity index (χ1v) is 6.72. The minimum absolute atomic E-state index is 0.111. The van der Waals surface area contributed by atoms with E-state index in [1.54, 1.807) is 0 Å². The Labute approximate surface area is 110 Å². The number of carbonyl (C=O) groups excluding carboxylic acids is 1. The molecular formula is C13H26N2O3. The average Bonchev–Trinajstić information content (AvgIpc) is 2.72. The summed E-state index contributed by atoms with van der Waals surface area (Å²) in [7, 11) is 0. The van der Waals surface area contributed by atoms with Crippen molar-refractivity contribution >= 4 is 6.09 Å². The molecule has 1 saturated heterocycles. The molecule has 0 aromatic rings. The van der Waals surface area contributed by atoms with Crippen molar-refractivity contribution in [3.8, 4) is 0 Å². The molecule has 1 aliphatic heterocycles. The standard InChI is InChI=1S/C13H26N2O3/c1-6-17-14-10(2)11-8-7-9-15(11)12(16)18-13(3,4)5/h10-11,14H,6-9H2,1-5H3. The van der Waals surface area contributed by atoms with E-state index in [0.717, 1.165) is 19.4 Å². The van der Waals surface area contributed by atoms with Crippen LogP contribution in [0.5, 0.6) is 0 Å². The molecule has 0 aromatic carbocycles. The molecule has 1 rings (SSSR count). The highest BCUT2D eigenvalue weighted by atomic mass is 16.6. The number of hydrogen-bond donors (Lipinski definition) is 1. The minimum atomic E-state index is -0.444. The number of likely N-dealkylation sites (tertiary alicyclic amines) is 1. The largest absolute Gasteiger partial charge is 0.444 e. The lowest BCUT2D eigenvalue weighted by atomic mass is 10.1. The first-order valence-electron chi connectivity index (χ1n) is 6.72. The Morgan fingerprint density at radius 3 is 2.72 bits per heavy atom. The van der Waals surface area contributed by atoms with Gasteiger partial charge in [-0.3, -0.25) is 0 Å². The van der Waals surface area contributed by atoms with Gasteiger partial charge in [-0.1, -0.05) is 0 Å². The lowest BCUT2D eigenvalue weighted by Crippen LogP contribution is -2.48. The van der Waals surface area contributed by atoms with Crippen LogP contribution in [0, 0.1) is 0 Å². The highest BCUT2D eigenvalue weighted by Crippen LogP contribution is 2.23. The zero-order valence-corrected chi connectivity index (χ0v) is 12.2. The van der Waals surface area contributed by atoms with Crippen molar-refractivity contribution in [1.82, 2.24) is 10.4 Å². The van der Waals surface area contributed by atoms with Crippen LogP contribution in [-0.4, -0.2) is 41.8 Å². The molecule has 2 unspecified atom stereocenters. The van der Waals surface area contributed by atoms with E-state index in [2.05, 4.69) is 5.48 Å². The predicted molar refractivity (Wildman–Crippen MR) is 70.2 cm³/mol. The van der Waals surface area contributed by atoms with Gasteiger partial charge in [0, 0.05) is 12.6 Å². The van der Waals surface area contributed by atoms with Gasteiger partial charge < -0.3 is 14.5 Å². The summed E-state index contributed by atoms with van der Waals surface area (Å²) in [6, 6.07) is 0.256. The van der Waals surface area contributed by atoms with Gasteiger partial charge >= 0.3 is 6.09 Å². The van der Waals surface area contributed by atoms with Crippen LogP contribution >= 0.6 is 0 Å². The van der Waals surface area contributed by atoms with E-state index in [1.165, 1.54) is 0 Å². The molecule has 0 bridgehead atoms. The number of hydroxylamine groups is 1. The topological polar surface area (TPSA) is 50.8 Å².